The van der Waals surface area contributed by atoms with Crippen LogP contribution in [-0.2, 0) is 10.2 Å². The molecule has 5 heteroatoms. The molecule has 0 atom stereocenters. The average Bonchev–Trinajstić information content (AvgIpc) is 3.24. The fourth-order valence-electron chi connectivity index (χ4n) is 3.02. The highest BCUT2D eigenvalue weighted by molar-refractivity contribution is 9.10. The lowest BCUT2D eigenvalue weighted by Gasteiger charge is -2.15. The molecule has 0 saturated heterocycles. The largest absolute Gasteiger partial charge is 0.361 e. The first kappa shape index (κ1) is 14.5. The number of hydrogen-bond acceptors (Lipinski definition) is 1. The number of hydrogen-bond donors (Lipinski definition) is 2. The molecule has 1 aliphatic carbocycles. The number of aromatic amines is 1. The van der Waals surface area contributed by atoms with Crippen LogP contribution in [0, 0.1) is 5.82 Å². The SMILES string of the molecule is O=C(Nc1ccc(Br)cc1)C1(c2c[nH]c3ccc(F)cc23)CC1. The Morgan fingerprint density at radius 2 is 1.91 bits per heavy atom. The fraction of sp³-hybridized carbons (Fsp3) is 0.167. The third kappa shape index (κ3) is 2.45. The molecule has 3 aromatic rings. The maximum absolute atomic E-state index is 13.6. The Morgan fingerprint density at radius 3 is 2.61 bits per heavy atom. The molecule has 1 aromatic heterocycles. The number of halogens is 2. The Kier molecular flexibility index (Phi) is 3.27. The van der Waals surface area contributed by atoms with Crippen LogP contribution in [0.5, 0.6) is 0 Å². The Hall–Kier alpha value is -2.14. The van der Waals surface area contributed by atoms with E-state index in [9.17, 15) is 9.18 Å². The summed E-state index contributed by atoms with van der Waals surface area (Å²) >= 11 is 3.38. The highest BCUT2D eigenvalue weighted by atomic mass is 79.9. The van der Waals surface area contributed by atoms with Gasteiger partial charge >= 0.3 is 0 Å². The third-order valence-electron chi connectivity index (χ3n) is 4.45. The molecule has 3 nitrogen and oxygen atoms in total. The number of benzene rings is 2. The van der Waals surface area contributed by atoms with Crippen molar-refractivity contribution in [1.82, 2.24) is 4.98 Å². The minimum Gasteiger partial charge on any atom is -0.361 e. The molecule has 0 spiro atoms. The van der Waals surface area contributed by atoms with E-state index >= 15 is 0 Å². The van der Waals surface area contributed by atoms with E-state index in [0.29, 0.717) is 0 Å². The molecular formula is C18H14BrFN2O. The molecule has 1 aliphatic rings. The predicted octanol–water partition coefficient (Wildman–Crippen LogP) is 4.74. The highest BCUT2D eigenvalue weighted by Gasteiger charge is 2.52. The number of carbonyl (C=O) groups is 1. The van der Waals surface area contributed by atoms with E-state index in [1.165, 1.54) is 12.1 Å². The molecule has 2 N–H and O–H groups in total. The molecule has 1 amide bonds. The summed E-state index contributed by atoms with van der Waals surface area (Å²) in [4.78, 5) is 15.9. The van der Waals surface area contributed by atoms with Crippen molar-refractivity contribution < 1.29 is 9.18 Å². The number of anilines is 1. The lowest BCUT2D eigenvalue weighted by atomic mass is 9.94. The Balaban J connectivity index is 1.68. The van der Waals surface area contributed by atoms with E-state index in [1.54, 1.807) is 6.07 Å². The van der Waals surface area contributed by atoms with Crippen LogP contribution < -0.4 is 5.32 Å². The zero-order valence-electron chi connectivity index (χ0n) is 12.2. The minimum absolute atomic E-state index is 0.0371. The zero-order valence-corrected chi connectivity index (χ0v) is 13.8. The van der Waals surface area contributed by atoms with Gasteiger partial charge in [-0.25, -0.2) is 4.39 Å². The lowest BCUT2D eigenvalue weighted by molar-refractivity contribution is -0.118. The number of fused-ring (bicyclic) bond motifs is 1. The Morgan fingerprint density at radius 1 is 1.17 bits per heavy atom. The van der Waals surface area contributed by atoms with Gasteiger partial charge in [-0.15, -0.1) is 0 Å². The third-order valence-corrected chi connectivity index (χ3v) is 4.97. The van der Waals surface area contributed by atoms with Crippen LogP contribution in [0.3, 0.4) is 0 Å². The smallest absolute Gasteiger partial charge is 0.235 e. The van der Waals surface area contributed by atoms with Crippen LogP contribution in [0.1, 0.15) is 18.4 Å². The van der Waals surface area contributed by atoms with Crippen LogP contribution in [-0.4, -0.2) is 10.9 Å². The highest BCUT2D eigenvalue weighted by Crippen LogP contribution is 2.51. The molecule has 23 heavy (non-hydrogen) atoms. The summed E-state index contributed by atoms with van der Waals surface area (Å²) in [5, 5.41) is 3.76. The minimum atomic E-state index is -0.556. The molecule has 0 radical (unpaired) electrons. The summed E-state index contributed by atoms with van der Waals surface area (Å²) in [7, 11) is 0. The van der Waals surface area contributed by atoms with Crippen molar-refractivity contribution in [3.05, 3.63) is 64.5 Å². The van der Waals surface area contributed by atoms with Crippen molar-refractivity contribution in [2.45, 2.75) is 18.3 Å². The lowest BCUT2D eigenvalue weighted by Crippen LogP contribution is -2.27. The van der Waals surface area contributed by atoms with Gasteiger partial charge in [-0.2, -0.15) is 0 Å². The summed E-state index contributed by atoms with van der Waals surface area (Å²) in [5.41, 5.74) is 1.93. The number of aromatic nitrogens is 1. The first-order valence-electron chi connectivity index (χ1n) is 7.43. The van der Waals surface area contributed by atoms with Crippen molar-refractivity contribution in [3.63, 3.8) is 0 Å². The maximum Gasteiger partial charge on any atom is 0.235 e. The van der Waals surface area contributed by atoms with Crippen LogP contribution in [0.25, 0.3) is 10.9 Å². The molecule has 0 unspecified atom stereocenters. The Labute approximate surface area is 141 Å². The van der Waals surface area contributed by atoms with Gasteiger partial charge in [0.2, 0.25) is 5.91 Å². The van der Waals surface area contributed by atoms with E-state index in [2.05, 4.69) is 26.2 Å². The molecular weight excluding hydrogens is 359 g/mol. The second-order valence-corrected chi connectivity index (χ2v) is 6.85. The van der Waals surface area contributed by atoms with E-state index in [-0.39, 0.29) is 11.7 Å². The fourth-order valence-corrected chi connectivity index (χ4v) is 3.28. The number of amides is 1. The number of H-pyrrole nitrogens is 1. The zero-order chi connectivity index (χ0) is 16.0. The predicted molar refractivity (Wildman–Crippen MR) is 91.9 cm³/mol. The molecule has 4 rings (SSSR count). The van der Waals surface area contributed by atoms with Crippen molar-refractivity contribution in [1.29, 1.82) is 0 Å². The first-order chi connectivity index (χ1) is 11.1. The van der Waals surface area contributed by atoms with Crippen molar-refractivity contribution in [2.75, 3.05) is 5.32 Å². The number of carbonyl (C=O) groups excluding carboxylic acids is 1. The normalized spacial score (nSPS) is 15.6. The summed E-state index contributed by atoms with van der Waals surface area (Å²) < 4.78 is 14.5. The molecule has 2 aromatic carbocycles. The van der Waals surface area contributed by atoms with Gasteiger partial charge in [-0.3, -0.25) is 4.79 Å². The van der Waals surface area contributed by atoms with Gasteiger partial charge in [-0.1, -0.05) is 15.9 Å². The monoisotopic (exact) mass is 372 g/mol. The molecule has 0 aliphatic heterocycles. The summed E-state index contributed by atoms with van der Waals surface area (Å²) in [6, 6.07) is 12.1. The quantitative estimate of drug-likeness (QED) is 0.685. The molecule has 1 heterocycles. The second-order valence-electron chi connectivity index (χ2n) is 5.94. The topological polar surface area (TPSA) is 44.9 Å². The molecule has 1 saturated carbocycles. The Bertz CT molecular complexity index is 897. The average molecular weight is 373 g/mol. The van der Waals surface area contributed by atoms with Gasteiger partial charge < -0.3 is 10.3 Å². The van der Waals surface area contributed by atoms with Crippen molar-refractivity contribution in [2.24, 2.45) is 0 Å². The number of rotatable bonds is 3. The van der Waals surface area contributed by atoms with Gasteiger partial charge in [0.25, 0.3) is 0 Å². The second kappa shape index (κ2) is 5.20. The summed E-state index contributed by atoms with van der Waals surface area (Å²) in [6.07, 6.45) is 3.38. The van der Waals surface area contributed by atoms with Gasteiger partial charge in [0.15, 0.2) is 0 Å². The van der Waals surface area contributed by atoms with E-state index in [0.717, 1.165) is 39.5 Å². The molecule has 1 fully saturated rings. The molecule has 0 bridgehead atoms. The first-order valence-corrected chi connectivity index (χ1v) is 8.22. The van der Waals surface area contributed by atoms with Gasteiger partial charge in [0.1, 0.15) is 5.82 Å². The van der Waals surface area contributed by atoms with E-state index < -0.39 is 5.41 Å². The summed E-state index contributed by atoms with van der Waals surface area (Å²) in [6.45, 7) is 0. The van der Waals surface area contributed by atoms with E-state index in [4.69, 9.17) is 0 Å². The van der Waals surface area contributed by atoms with Gasteiger partial charge in [-0.05, 0) is 60.9 Å². The summed E-state index contributed by atoms with van der Waals surface area (Å²) in [5.74, 6) is -0.326. The van der Waals surface area contributed by atoms with Gasteiger partial charge in [0.05, 0.1) is 5.41 Å². The standard InChI is InChI=1S/C18H14BrFN2O/c19-11-1-4-13(5-2-11)22-17(23)18(7-8-18)15-10-21-16-6-3-12(20)9-14(15)16/h1-6,9-10,21H,7-8H2,(H,22,23). The van der Waals surface area contributed by atoms with Crippen molar-refractivity contribution in [3.8, 4) is 0 Å². The van der Waals surface area contributed by atoms with Crippen LogP contribution in [0.15, 0.2) is 53.1 Å². The van der Waals surface area contributed by atoms with Crippen LogP contribution in [0.4, 0.5) is 10.1 Å². The maximum atomic E-state index is 13.6. The number of nitrogens with one attached hydrogen (secondary N) is 2. The van der Waals surface area contributed by atoms with Crippen LogP contribution in [0.2, 0.25) is 0 Å². The van der Waals surface area contributed by atoms with Gasteiger partial charge in [0, 0.05) is 27.3 Å². The van der Waals surface area contributed by atoms with E-state index in [1.807, 2.05) is 30.5 Å². The van der Waals surface area contributed by atoms with Crippen LogP contribution >= 0.6 is 15.9 Å². The van der Waals surface area contributed by atoms with Crippen molar-refractivity contribution >= 4 is 38.4 Å². The molecule has 116 valence electrons.